The number of halogens is 4. The monoisotopic (exact) mass is 512 g/mol. The van der Waals surface area contributed by atoms with Gasteiger partial charge < -0.3 is 24.8 Å². The molecule has 0 unspecified atom stereocenters. The van der Waals surface area contributed by atoms with Crippen molar-refractivity contribution in [2.24, 2.45) is 0 Å². The maximum absolute atomic E-state index is 12.8. The van der Waals surface area contributed by atoms with Crippen molar-refractivity contribution in [1.29, 1.82) is 0 Å². The Balaban J connectivity index is 1.41. The third-order valence-corrected chi connectivity index (χ3v) is 6.19. The summed E-state index contributed by atoms with van der Waals surface area (Å²) >= 11 is 6.08. The van der Waals surface area contributed by atoms with E-state index in [2.05, 4.69) is 10.6 Å². The molecule has 3 atom stereocenters. The summed E-state index contributed by atoms with van der Waals surface area (Å²) in [7, 11) is 0. The van der Waals surface area contributed by atoms with E-state index in [-0.39, 0.29) is 31.2 Å². The minimum Gasteiger partial charge on any atom is -0.370 e. The summed E-state index contributed by atoms with van der Waals surface area (Å²) in [5, 5.41) is 5.81. The number of nitrogens with one attached hydrogen (secondary N) is 2. The molecular weight excluding hydrogens is 489 g/mol. The van der Waals surface area contributed by atoms with E-state index < -0.39 is 41.2 Å². The molecule has 2 aliphatic heterocycles. The molecule has 0 aliphatic carbocycles. The van der Waals surface area contributed by atoms with Crippen LogP contribution in [-0.4, -0.2) is 55.1 Å². The lowest BCUT2D eigenvalue weighted by atomic mass is 9.96. The average Bonchev–Trinajstić information content (AvgIpc) is 3.25. The standard InChI is InChI=1S/C24H24ClF3N2O5/c1-22(2)34-19-18(11-29-21(32)16-5-3-4-6-17(16)25)33-13-23(19,35-22)12-30-20(31)14-7-9-15(10-8-14)24(26,27)28/h3-10,18-19H,11-13H2,1-2H3,(H,29,32)(H,30,31)/t18-,19-,23+/m1/s1. The van der Waals surface area contributed by atoms with E-state index in [0.29, 0.717) is 10.6 Å². The van der Waals surface area contributed by atoms with Gasteiger partial charge in [0.15, 0.2) is 5.79 Å². The van der Waals surface area contributed by atoms with Gasteiger partial charge in [0.2, 0.25) is 0 Å². The zero-order chi connectivity index (χ0) is 25.4. The Morgan fingerprint density at radius 3 is 2.40 bits per heavy atom. The van der Waals surface area contributed by atoms with Crippen LogP contribution in [0, 0.1) is 0 Å². The van der Waals surface area contributed by atoms with Gasteiger partial charge >= 0.3 is 6.18 Å². The number of amides is 2. The van der Waals surface area contributed by atoms with E-state index in [1.165, 1.54) is 0 Å². The molecule has 0 saturated carbocycles. The van der Waals surface area contributed by atoms with Crippen LogP contribution in [-0.2, 0) is 20.4 Å². The predicted octanol–water partition coefficient (Wildman–Crippen LogP) is 3.81. The van der Waals surface area contributed by atoms with Crippen LogP contribution in [0.2, 0.25) is 5.02 Å². The zero-order valence-electron chi connectivity index (χ0n) is 18.9. The van der Waals surface area contributed by atoms with Gasteiger partial charge in [-0.15, -0.1) is 0 Å². The number of rotatable bonds is 6. The fourth-order valence-electron chi connectivity index (χ4n) is 4.28. The molecule has 2 N–H and O–H groups in total. The normalized spacial score (nSPS) is 25.2. The van der Waals surface area contributed by atoms with Crippen molar-refractivity contribution < 1.29 is 37.0 Å². The second-order valence-electron chi connectivity index (χ2n) is 8.90. The fraction of sp³-hybridized carbons (Fsp3) is 0.417. The predicted molar refractivity (Wildman–Crippen MR) is 120 cm³/mol. The third kappa shape index (κ3) is 5.45. The van der Waals surface area contributed by atoms with Crippen molar-refractivity contribution in [3.05, 3.63) is 70.2 Å². The van der Waals surface area contributed by atoms with Gasteiger partial charge in [-0.1, -0.05) is 23.7 Å². The van der Waals surface area contributed by atoms with Crippen molar-refractivity contribution >= 4 is 23.4 Å². The van der Waals surface area contributed by atoms with Gasteiger partial charge in [-0.05, 0) is 50.2 Å². The summed E-state index contributed by atoms with van der Waals surface area (Å²) in [5.74, 6) is -1.90. The Kier molecular flexibility index (Phi) is 6.85. The first-order valence-electron chi connectivity index (χ1n) is 10.9. The van der Waals surface area contributed by atoms with Gasteiger partial charge in [0.25, 0.3) is 11.8 Å². The second-order valence-corrected chi connectivity index (χ2v) is 9.31. The van der Waals surface area contributed by atoms with E-state index in [1.54, 1.807) is 38.1 Å². The second kappa shape index (κ2) is 9.42. The lowest BCUT2D eigenvalue weighted by Crippen LogP contribution is -2.52. The Bertz CT molecular complexity index is 1110. The van der Waals surface area contributed by atoms with Crippen molar-refractivity contribution in [1.82, 2.24) is 10.6 Å². The summed E-state index contributed by atoms with van der Waals surface area (Å²) in [6.07, 6.45) is -5.66. The largest absolute Gasteiger partial charge is 0.416 e. The van der Waals surface area contributed by atoms with Crippen LogP contribution in [0.4, 0.5) is 13.2 Å². The van der Waals surface area contributed by atoms with Crippen LogP contribution in [0.15, 0.2) is 48.5 Å². The lowest BCUT2D eigenvalue weighted by molar-refractivity contribution is -0.188. The molecule has 2 aromatic rings. The van der Waals surface area contributed by atoms with Crippen molar-refractivity contribution in [2.45, 2.75) is 43.6 Å². The molecule has 0 spiro atoms. The lowest BCUT2D eigenvalue weighted by Gasteiger charge is -2.27. The number of benzene rings is 2. The van der Waals surface area contributed by atoms with Gasteiger partial charge in [-0.3, -0.25) is 9.59 Å². The smallest absolute Gasteiger partial charge is 0.370 e. The highest BCUT2D eigenvalue weighted by Gasteiger charge is 2.61. The molecule has 2 aliphatic rings. The minimum absolute atomic E-state index is 0.00406. The third-order valence-electron chi connectivity index (χ3n) is 5.86. The first-order valence-corrected chi connectivity index (χ1v) is 11.3. The van der Waals surface area contributed by atoms with Crippen LogP contribution in [0.25, 0.3) is 0 Å². The Labute approximate surface area is 204 Å². The van der Waals surface area contributed by atoms with Gasteiger partial charge in [0.1, 0.15) is 17.8 Å². The van der Waals surface area contributed by atoms with E-state index in [9.17, 15) is 22.8 Å². The van der Waals surface area contributed by atoms with Crippen LogP contribution >= 0.6 is 11.6 Å². The minimum atomic E-state index is -4.49. The zero-order valence-corrected chi connectivity index (χ0v) is 19.7. The molecule has 2 saturated heterocycles. The number of alkyl halides is 3. The molecule has 11 heteroatoms. The highest BCUT2D eigenvalue weighted by molar-refractivity contribution is 6.33. The van der Waals surface area contributed by atoms with Gasteiger partial charge in [-0.25, -0.2) is 0 Å². The van der Waals surface area contributed by atoms with Crippen molar-refractivity contribution in [2.75, 3.05) is 19.7 Å². The summed E-state index contributed by atoms with van der Waals surface area (Å²) < 4.78 is 56.3. The number of carbonyl (C=O) groups is 2. The van der Waals surface area contributed by atoms with E-state index in [0.717, 1.165) is 24.3 Å². The van der Waals surface area contributed by atoms with Crippen LogP contribution in [0.3, 0.4) is 0 Å². The molecule has 4 rings (SSSR count). The van der Waals surface area contributed by atoms with Gasteiger partial charge in [-0.2, -0.15) is 13.2 Å². The van der Waals surface area contributed by atoms with Gasteiger partial charge in [0.05, 0.1) is 29.3 Å². The molecule has 35 heavy (non-hydrogen) atoms. The highest BCUT2D eigenvalue weighted by atomic mass is 35.5. The summed E-state index contributed by atoms with van der Waals surface area (Å²) in [6, 6.07) is 10.6. The SMILES string of the molecule is CC1(C)O[C@@H]2[C@@H](CNC(=O)c3ccccc3Cl)OC[C@]2(CNC(=O)c2ccc(C(F)(F)F)cc2)O1. The Morgan fingerprint density at radius 1 is 1.06 bits per heavy atom. The molecule has 2 aromatic carbocycles. The molecule has 0 aromatic heterocycles. The molecule has 2 fully saturated rings. The summed E-state index contributed by atoms with van der Waals surface area (Å²) in [5.41, 5.74) is -1.48. The Hall–Kier alpha value is -2.66. The maximum atomic E-state index is 12.8. The average molecular weight is 513 g/mol. The number of hydrogen-bond acceptors (Lipinski definition) is 5. The molecular formula is C24H24ClF3N2O5. The van der Waals surface area contributed by atoms with Crippen LogP contribution in [0.5, 0.6) is 0 Å². The summed E-state index contributed by atoms with van der Waals surface area (Å²) in [6.45, 7) is 3.65. The van der Waals surface area contributed by atoms with Crippen molar-refractivity contribution in [3.63, 3.8) is 0 Å². The number of carbonyl (C=O) groups excluding carboxylic acids is 2. The molecule has 0 radical (unpaired) electrons. The van der Waals surface area contributed by atoms with Gasteiger partial charge in [0, 0.05) is 12.1 Å². The number of ether oxygens (including phenoxy) is 3. The fourth-order valence-corrected chi connectivity index (χ4v) is 4.50. The topological polar surface area (TPSA) is 85.9 Å². The van der Waals surface area contributed by atoms with Crippen LogP contribution in [0.1, 0.15) is 40.1 Å². The highest BCUT2D eigenvalue weighted by Crippen LogP contribution is 2.43. The quantitative estimate of drug-likeness (QED) is 0.615. The molecule has 7 nitrogen and oxygen atoms in total. The Morgan fingerprint density at radius 2 is 1.74 bits per heavy atom. The molecule has 2 heterocycles. The maximum Gasteiger partial charge on any atom is 0.416 e. The molecule has 188 valence electrons. The molecule has 2 amide bonds. The van der Waals surface area contributed by atoms with E-state index in [4.69, 9.17) is 25.8 Å². The van der Waals surface area contributed by atoms with Crippen molar-refractivity contribution in [3.8, 4) is 0 Å². The molecule has 0 bridgehead atoms. The number of fused-ring (bicyclic) bond motifs is 1. The number of hydrogen-bond donors (Lipinski definition) is 2. The van der Waals surface area contributed by atoms with E-state index >= 15 is 0 Å². The van der Waals surface area contributed by atoms with E-state index in [1.807, 2.05) is 0 Å². The first kappa shape index (κ1) is 25.4. The van der Waals surface area contributed by atoms with Crippen LogP contribution < -0.4 is 10.6 Å². The first-order chi connectivity index (χ1) is 16.4. The summed E-state index contributed by atoms with van der Waals surface area (Å²) in [4.78, 5) is 25.1.